The van der Waals surface area contributed by atoms with Crippen LogP contribution in [0.25, 0.3) is 0 Å². The molecule has 0 amide bonds. The number of aromatic carboxylic acids is 1. The highest BCUT2D eigenvalue weighted by molar-refractivity contribution is 5.93. The van der Waals surface area contributed by atoms with Gasteiger partial charge in [0.25, 0.3) is 0 Å². The SMILES string of the molecule is Cc1cccc(COc2c(N)cccc2C(=O)O)n1. The Kier molecular flexibility index (Phi) is 3.66. The van der Waals surface area contributed by atoms with E-state index in [-0.39, 0.29) is 17.9 Å². The summed E-state index contributed by atoms with van der Waals surface area (Å²) in [5.74, 6) is -0.891. The number of carboxylic acids is 1. The zero-order valence-electron chi connectivity index (χ0n) is 10.5. The molecular weight excluding hydrogens is 244 g/mol. The van der Waals surface area contributed by atoms with E-state index in [2.05, 4.69) is 4.98 Å². The molecule has 0 aliphatic carbocycles. The number of anilines is 1. The summed E-state index contributed by atoms with van der Waals surface area (Å²) in [4.78, 5) is 15.4. The molecule has 0 radical (unpaired) electrons. The Balaban J connectivity index is 2.22. The maximum atomic E-state index is 11.1. The molecule has 0 fully saturated rings. The van der Waals surface area contributed by atoms with Gasteiger partial charge in [-0.1, -0.05) is 12.1 Å². The first-order chi connectivity index (χ1) is 9.08. The van der Waals surface area contributed by atoms with Crippen LogP contribution in [0.5, 0.6) is 5.75 Å². The van der Waals surface area contributed by atoms with Gasteiger partial charge in [-0.25, -0.2) is 4.79 Å². The minimum Gasteiger partial charge on any atom is -0.484 e. The predicted octanol–water partition coefficient (Wildman–Crippen LogP) is 2.25. The number of hydrogen-bond acceptors (Lipinski definition) is 4. The monoisotopic (exact) mass is 258 g/mol. The van der Waals surface area contributed by atoms with Gasteiger partial charge in [0.15, 0.2) is 5.75 Å². The van der Waals surface area contributed by atoms with E-state index in [0.717, 1.165) is 11.4 Å². The van der Waals surface area contributed by atoms with Gasteiger partial charge in [-0.05, 0) is 31.2 Å². The second kappa shape index (κ2) is 5.39. The number of carbonyl (C=O) groups is 1. The summed E-state index contributed by atoms with van der Waals surface area (Å²) in [5.41, 5.74) is 7.69. The largest absolute Gasteiger partial charge is 0.484 e. The van der Waals surface area contributed by atoms with Crippen LogP contribution in [0.2, 0.25) is 0 Å². The number of aromatic nitrogens is 1. The standard InChI is InChI=1S/C14H14N2O3/c1-9-4-2-5-10(16-9)8-19-13-11(14(17)18)6-3-7-12(13)15/h2-7H,8,15H2,1H3,(H,17,18). The van der Waals surface area contributed by atoms with Crippen LogP contribution < -0.4 is 10.5 Å². The second-order valence-corrected chi connectivity index (χ2v) is 4.09. The molecule has 1 aromatic carbocycles. The summed E-state index contributed by atoms with van der Waals surface area (Å²) in [6.07, 6.45) is 0. The van der Waals surface area contributed by atoms with E-state index in [0.29, 0.717) is 5.69 Å². The third-order valence-corrected chi connectivity index (χ3v) is 2.59. The molecule has 0 saturated heterocycles. The fourth-order valence-corrected chi connectivity index (χ4v) is 1.71. The summed E-state index contributed by atoms with van der Waals surface area (Å²) in [5, 5.41) is 9.08. The minimum atomic E-state index is -1.07. The summed E-state index contributed by atoms with van der Waals surface area (Å²) in [6, 6.07) is 10.2. The van der Waals surface area contributed by atoms with Gasteiger partial charge in [-0.15, -0.1) is 0 Å². The number of ether oxygens (including phenoxy) is 1. The topological polar surface area (TPSA) is 85.4 Å². The molecule has 3 N–H and O–H groups in total. The fourth-order valence-electron chi connectivity index (χ4n) is 1.71. The predicted molar refractivity (Wildman–Crippen MR) is 71.1 cm³/mol. The molecule has 5 nitrogen and oxygen atoms in total. The molecule has 0 spiro atoms. The molecule has 5 heteroatoms. The second-order valence-electron chi connectivity index (χ2n) is 4.09. The highest BCUT2D eigenvalue weighted by Gasteiger charge is 2.14. The molecule has 0 atom stereocenters. The number of nitrogen functional groups attached to an aromatic ring is 1. The Morgan fingerprint density at radius 1 is 1.32 bits per heavy atom. The molecule has 1 heterocycles. The lowest BCUT2D eigenvalue weighted by Crippen LogP contribution is -2.07. The normalized spacial score (nSPS) is 10.2. The van der Waals surface area contributed by atoms with Gasteiger partial charge in [0.1, 0.15) is 12.2 Å². The van der Waals surface area contributed by atoms with Crippen LogP contribution in [-0.2, 0) is 6.61 Å². The molecule has 2 rings (SSSR count). The van der Waals surface area contributed by atoms with Gasteiger partial charge in [0.05, 0.1) is 11.4 Å². The van der Waals surface area contributed by atoms with Crippen molar-refractivity contribution in [1.82, 2.24) is 4.98 Å². The van der Waals surface area contributed by atoms with Crippen LogP contribution in [0.15, 0.2) is 36.4 Å². The Bertz CT molecular complexity index is 611. The van der Waals surface area contributed by atoms with Crippen LogP contribution in [-0.4, -0.2) is 16.1 Å². The average Bonchev–Trinajstić information content (AvgIpc) is 2.37. The molecule has 98 valence electrons. The Labute approximate surface area is 110 Å². The summed E-state index contributed by atoms with van der Waals surface area (Å²) in [6.45, 7) is 2.05. The minimum absolute atomic E-state index is 0.0488. The van der Waals surface area contributed by atoms with Crippen LogP contribution in [0.4, 0.5) is 5.69 Å². The number of para-hydroxylation sites is 1. The van der Waals surface area contributed by atoms with Crippen molar-refractivity contribution in [3.8, 4) is 5.75 Å². The third-order valence-electron chi connectivity index (χ3n) is 2.59. The number of rotatable bonds is 4. The lowest BCUT2D eigenvalue weighted by molar-refractivity contribution is 0.0692. The Morgan fingerprint density at radius 2 is 2.05 bits per heavy atom. The summed E-state index contributed by atoms with van der Waals surface area (Å²) < 4.78 is 5.50. The molecule has 0 aliphatic heterocycles. The van der Waals surface area contributed by atoms with Gasteiger partial charge in [-0.3, -0.25) is 4.98 Å². The fraction of sp³-hybridized carbons (Fsp3) is 0.143. The number of hydrogen-bond donors (Lipinski definition) is 2. The van der Waals surface area contributed by atoms with Crippen LogP contribution >= 0.6 is 0 Å². The first kappa shape index (κ1) is 12.9. The van der Waals surface area contributed by atoms with Crippen molar-refractivity contribution < 1.29 is 14.6 Å². The Hall–Kier alpha value is -2.56. The van der Waals surface area contributed by atoms with Crippen LogP contribution in [0, 0.1) is 6.92 Å². The Morgan fingerprint density at radius 3 is 2.74 bits per heavy atom. The van der Waals surface area contributed by atoms with Crippen molar-refractivity contribution in [2.24, 2.45) is 0 Å². The maximum absolute atomic E-state index is 11.1. The van der Waals surface area contributed by atoms with Gasteiger partial charge >= 0.3 is 5.97 Å². The van der Waals surface area contributed by atoms with Crippen molar-refractivity contribution in [1.29, 1.82) is 0 Å². The number of carboxylic acid groups (broad SMARTS) is 1. The van der Waals surface area contributed by atoms with Gasteiger partial charge in [-0.2, -0.15) is 0 Å². The summed E-state index contributed by atoms with van der Waals surface area (Å²) >= 11 is 0. The van der Waals surface area contributed by atoms with Crippen molar-refractivity contribution in [3.05, 3.63) is 53.3 Å². The number of aryl methyl sites for hydroxylation is 1. The maximum Gasteiger partial charge on any atom is 0.339 e. The first-order valence-corrected chi connectivity index (χ1v) is 5.75. The number of nitrogens with two attached hydrogens (primary N) is 1. The van der Waals surface area contributed by atoms with Crippen molar-refractivity contribution in [3.63, 3.8) is 0 Å². The lowest BCUT2D eigenvalue weighted by atomic mass is 10.2. The highest BCUT2D eigenvalue weighted by atomic mass is 16.5. The van der Waals surface area contributed by atoms with E-state index in [1.54, 1.807) is 12.1 Å². The smallest absolute Gasteiger partial charge is 0.339 e. The molecule has 0 unspecified atom stereocenters. The molecule has 1 aromatic heterocycles. The molecule has 0 bridgehead atoms. The molecule has 2 aromatic rings. The number of nitrogens with zero attached hydrogens (tertiary/aromatic N) is 1. The van der Waals surface area contributed by atoms with Crippen LogP contribution in [0.1, 0.15) is 21.7 Å². The summed E-state index contributed by atoms with van der Waals surface area (Å²) in [7, 11) is 0. The third kappa shape index (κ3) is 3.01. The van der Waals surface area contributed by atoms with Crippen molar-refractivity contribution >= 4 is 11.7 Å². The number of benzene rings is 1. The zero-order valence-corrected chi connectivity index (χ0v) is 10.5. The van der Waals surface area contributed by atoms with Crippen molar-refractivity contribution in [2.45, 2.75) is 13.5 Å². The number of pyridine rings is 1. The van der Waals surface area contributed by atoms with E-state index in [4.69, 9.17) is 15.6 Å². The lowest BCUT2D eigenvalue weighted by Gasteiger charge is -2.11. The van der Waals surface area contributed by atoms with Gasteiger partial charge in [0, 0.05) is 5.69 Å². The quantitative estimate of drug-likeness (QED) is 0.821. The van der Waals surface area contributed by atoms with Gasteiger partial charge < -0.3 is 15.6 Å². The highest BCUT2D eigenvalue weighted by Crippen LogP contribution is 2.27. The van der Waals surface area contributed by atoms with Crippen molar-refractivity contribution in [2.75, 3.05) is 5.73 Å². The van der Waals surface area contributed by atoms with E-state index >= 15 is 0 Å². The molecular formula is C14H14N2O3. The van der Waals surface area contributed by atoms with Gasteiger partial charge in [0.2, 0.25) is 0 Å². The first-order valence-electron chi connectivity index (χ1n) is 5.75. The zero-order chi connectivity index (χ0) is 13.8. The van der Waals surface area contributed by atoms with E-state index in [1.165, 1.54) is 6.07 Å². The molecule has 19 heavy (non-hydrogen) atoms. The van der Waals surface area contributed by atoms with E-state index < -0.39 is 5.97 Å². The van der Waals surface area contributed by atoms with Crippen LogP contribution in [0.3, 0.4) is 0 Å². The molecule has 0 aliphatic rings. The molecule has 0 saturated carbocycles. The average molecular weight is 258 g/mol. The van der Waals surface area contributed by atoms with E-state index in [9.17, 15) is 4.79 Å². The van der Waals surface area contributed by atoms with E-state index in [1.807, 2.05) is 25.1 Å².